The molecule has 0 saturated carbocycles. The Morgan fingerprint density at radius 1 is 1.64 bits per heavy atom. The molecule has 0 saturated heterocycles. The van der Waals surface area contributed by atoms with E-state index >= 15 is 0 Å². The fourth-order valence-corrected chi connectivity index (χ4v) is 2.29. The van der Waals surface area contributed by atoms with Gasteiger partial charge in [0.1, 0.15) is 9.75 Å². The number of nitrogens with zero attached hydrogens (tertiary/aromatic N) is 1. The highest BCUT2D eigenvalue weighted by molar-refractivity contribution is 7.19. The third-order valence-corrected chi connectivity index (χ3v) is 2.97. The lowest BCUT2D eigenvalue weighted by Crippen LogP contribution is -2.30. The number of hydrogen-bond acceptors (Lipinski definition) is 5. The maximum atomic E-state index is 11.4. The third kappa shape index (κ3) is 1.83. The van der Waals surface area contributed by atoms with Crippen LogP contribution in [0, 0.1) is 0 Å². The highest BCUT2D eigenvalue weighted by atomic mass is 35.5. The van der Waals surface area contributed by atoms with Gasteiger partial charge in [0.2, 0.25) is 0 Å². The maximum absolute atomic E-state index is 11.4. The molecular weight excluding hydrogens is 224 g/mol. The summed E-state index contributed by atoms with van der Waals surface area (Å²) in [5.41, 5.74) is 5.09. The number of halogens is 1. The number of methoxy groups -OCH3 is 1. The van der Waals surface area contributed by atoms with Crippen LogP contribution in [-0.2, 0) is 14.9 Å². The first kappa shape index (κ1) is 11.3. The van der Waals surface area contributed by atoms with Crippen LogP contribution in [0.2, 0.25) is 4.34 Å². The van der Waals surface area contributed by atoms with E-state index in [4.69, 9.17) is 17.3 Å². The first-order chi connectivity index (χ1) is 6.39. The van der Waals surface area contributed by atoms with Crippen LogP contribution in [0.25, 0.3) is 0 Å². The van der Waals surface area contributed by atoms with E-state index in [0.717, 1.165) is 11.3 Å². The number of ether oxygens (including phenoxy) is 1. The number of rotatable bonds is 2. The summed E-state index contributed by atoms with van der Waals surface area (Å²) in [4.78, 5) is 15.5. The van der Waals surface area contributed by atoms with Gasteiger partial charge in [0.15, 0.2) is 5.13 Å². The lowest BCUT2D eigenvalue weighted by Gasteiger charge is -2.19. The molecule has 0 bridgehead atoms. The molecule has 14 heavy (non-hydrogen) atoms. The van der Waals surface area contributed by atoms with E-state index in [0.29, 0.717) is 15.2 Å². The van der Waals surface area contributed by atoms with E-state index < -0.39 is 5.41 Å². The molecule has 0 aliphatic carbocycles. The van der Waals surface area contributed by atoms with Crippen molar-refractivity contribution in [1.29, 1.82) is 0 Å². The fourth-order valence-electron chi connectivity index (χ4n) is 1.05. The molecule has 0 fully saturated rings. The van der Waals surface area contributed by atoms with Crippen molar-refractivity contribution in [2.75, 3.05) is 12.8 Å². The van der Waals surface area contributed by atoms with Crippen LogP contribution >= 0.6 is 22.9 Å². The van der Waals surface area contributed by atoms with Crippen molar-refractivity contribution in [2.24, 2.45) is 0 Å². The molecule has 4 nitrogen and oxygen atoms in total. The van der Waals surface area contributed by atoms with E-state index in [1.165, 1.54) is 7.11 Å². The van der Waals surface area contributed by atoms with Gasteiger partial charge in [-0.15, -0.1) is 0 Å². The molecule has 0 unspecified atom stereocenters. The van der Waals surface area contributed by atoms with Crippen molar-refractivity contribution >= 4 is 34.0 Å². The second-order valence-electron chi connectivity index (χ2n) is 3.29. The highest BCUT2D eigenvalue weighted by Crippen LogP contribution is 2.35. The second kappa shape index (κ2) is 3.74. The number of thiazole rings is 1. The van der Waals surface area contributed by atoms with Crippen LogP contribution in [0.4, 0.5) is 5.13 Å². The zero-order chi connectivity index (χ0) is 10.9. The Hall–Kier alpha value is -0.810. The second-order valence-corrected chi connectivity index (χ2v) is 4.92. The number of anilines is 1. The molecule has 78 valence electrons. The molecular formula is C8H11ClN2O2S. The van der Waals surface area contributed by atoms with Crippen LogP contribution < -0.4 is 5.73 Å². The van der Waals surface area contributed by atoms with Crippen molar-refractivity contribution < 1.29 is 9.53 Å². The number of aromatic nitrogens is 1. The molecule has 0 spiro atoms. The fraction of sp³-hybridized carbons (Fsp3) is 0.500. The minimum absolute atomic E-state index is 0.349. The molecule has 0 radical (unpaired) electrons. The SMILES string of the molecule is COC(=O)C(C)(C)c1nc(N)sc1Cl. The van der Waals surface area contributed by atoms with Gasteiger partial charge in [-0.1, -0.05) is 22.9 Å². The topological polar surface area (TPSA) is 65.2 Å². The predicted octanol–water partition coefficient (Wildman–Crippen LogP) is 1.83. The van der Waals surface area contributed by atoms with Crippen molar-refractivity contribution in [1.82, 2.24) is 4.98 Å². The summed E-state index contributed by atoms with van der Waals surface area (Å²) in [5.74, 6) is -0.385. The van der Waals surface area contributed by atoms with Crippen LogP contribution in [0.3, 0.4) is 0 Å². The minimum Gasteiger partial charge on any atom is -0.468 e. The van der Waals surface area contributed by atoms with Crippen molar-refractivity contribution in [3.05, 3.63) is 10.0 Å². The van der Waals surface area contributed by atoms with Crippen LogP contribution in [0.15, 0.2) is 0 Å². The average molecular weight is 235 g/mol. The van der Waals surface area contributed by atoms with Gasteiger partial charge in [0, 0.05) is 0 Å². The van der Waals surface area contributed by atoms with E-state index in [2.05, 4.69) is 9.72 Å². The zero-order valence-corrected chi connectivity index (χ0v) is 9.70. The molecule has 0 aliphatic rings. The smallest absolute Gasteiger partial charge is 0.317 e. The number of carbonyl (C=O) groups is 1. The largest absolute Gasteiger partial charge is 0.468 e. The predicted molar refractivity (Wildman–Crippen MR) is 56.6 cm³/mol. The molecule has 0 amide bonds. The van der Waals surface area contributed by atoms with Gasteiger partial charge in [-0.2, -0.15) is 0 Å². The summed E-state index contributed by atoms with van der Waals surface area (Å²) in [5, 5.41) is 0.349. The average Bonchev–Trinajstić information content (AvgIpc) is 2.44. The number of esters is 1. The lowest BCUT2D eigenvalue weighted by molar-refractivity contribution is -0.146. The van der Waals surface area contributed by atoms with Gasteiger partial charge >= 0.3 is 5.97 Å². The molecule has 2 N–H and O–H groups in total. The van der Waals surface area contributed by atoms with E-state index in [-0.39, 0.29) is 5.97 Å². The Kier molecular flexibility index (Phi) is 3.01. The van der Waals surface area contributed by atoms with Gasteiger partial charge in [0.25, 0.3) is 0 Å². The maximum Gasteiger partial charge on any atom is 0.317 e. The first-order valence-corrected chi connectivity index (χ1v) is 5.09. The normalized spacial score (nSPS) is 11.4. The summed E-state index contributed by atoms with van der Waals surface area (Å²) < 4.78 is 5.09. The van der Waals surface area contributed by atoms with E-state index in [9.17, 15) is 4.79 Å². The molecule has 0 aromatic carbocycles. The van der Waals surface area contributed by atoms with Gasteiger partial charge < -0.3 is 10.5 Å². The molecule has 1 heterocycles. The first-order valence-electron chi connectivity index (χ1n) is 3.90. The summed E-state index contributed by atoms with van der Waals surface area (Å²) in [6.07, 6.45) is 0. The summed E-state index contributed by atoms with van der Waals surface area (Å²) in [6.45, 7) is 3.39. The van der Waals surface area contributed by atoms with Crippen molar-refractivity contribution in [3.63, 3.8) is 0 Å². The number of carbonyl (C=O) groups excluding carboxylic acids is 1. The Morgan fingerprint density at radius 3 is 2.57 bits per heavy atom. The number of hydrogen-bond donors (Lipinski definition) is 1. The number of nitrogen functional groups attached to an aromatic ring is 1. The summed E-state index contributed by atoms with van der Waals surface area (Å²) >= 11 is 7.05. The molecule has 6 heteroatoms. The summed E-state index contributed by atoms with van der Waals surface area (Å²) in [6, 6.07) is 0. The van der Waals surface area contributed by atoms with Gasteiger partial charge in [-0.3, -0.25) is 4.79 Å². The molecule has 1 aromatic heterocycles. The molecule has 1 aromatic rings. The van der Waals surface area contributed by atoms with Gasteiger partial charge in [-0.05, 0) is 13.8 Å². The molecule has 0 atom stereocenters. The quantitative estimate of drug-likeness (QED) is 0.793. The standard InChI is InChI=1S/C8H11ClN2O2S/c1-8(2,6(12)13-3)4-5(9)14-7(10)11-4/h1-3H3,(H2,10,11). The van der Waals surface area contributed by atoms with Crippen molar-refractivity contribution in [2.45, 2.75) is 19.3 Å². The van der Waals surface area contributed by atoms with Crippen LogP contribution in [-0.4, -0.2) is 18.1 Å². The minimum atomic E-state index is -0.861. The zero-order valence-electron chi connectivity index (χ0n) is 8.13. The molecule has 0 aliphatic heterocycles. The monoisotopic (exact) mass is 234 g/mol. The Bertz CT molecular complexity index is 362. The number of nitrogens with two attached hydrogens (primary N) is 1. The van der Waals surface area contributed by atoms with Crippen LogP contribution in [0.1, 0.15) is 19.5 Å². The summed E-state index contributed by atoms with van der Waals surface area (Å²) in [7, 11) is 1.33. The van der Waals surface area contributed by atoms with E-state index in [1.54, 1.807) is 13.8 Å². The van der Waals surface area contributed by atoms with Gasteiger partial charge in [0.05, 0.1) is 12.8 Å². The van der Waals surface area contributed by atoms with Crippen LogP contribution in [0.5, 0.6) is 0 Å². The Labute approximate surface area is 91.0 Å². The highest BCUT2D eigenvalue weighted by Gasteiger charge is 2.35. The van der Waals surface area contributed by atoms with Gasteiger partial charge in [-0.25, -0.2) is 4.98 Å². The molecule has 1 rings (SSSR count). The Balaban J connectivity index is 3.15. The Morgan fingerprint density at radius 2 is 2.21 bits per heavy atom. The van der Waals surface area contributed by atoms with E-state index in [1.807, 2.05) is 0 Å². The lowest BCUT2D eigenvalue weighted by atomic mass is 9.90. The third-order valence-electron chi connectivity index (χ3n) is 1.89. The van der Waals surface area contributed by atoms with Crippen molar-refractivity contribution in [3.8, 4) is 0 Å².